The van der Waals surface area contributed by atoms with Crippen LogP contribution in [0.25, 0.3) is 0 Å². The lowest BCUT2D eigenvalue weighted by molar-refractivity contribution is 0.102. The third kappa shape index (κ3) is 2.77. The first-order valence-corrected chi connectivity index (χ1v) is 6.01. The van der Waals surface area contributed by atoms with E-state index in [1.165, 1.54) is 0 Å². The number of amides is 1. The third-order valence-electron chi connectivity index (χ3n) is 2.95. The molecule has 0 fully saturated rings. The van der Waals surface area contributed by atoms with Crippen LogP contribution in [0, 0.1) is 25.5 Å². The standard InChI is InChI=1S/C15H14F2N2O/c1-8-3-4-9(2)13(5-8)19-15(20)11-6-10(16)7-12(18)14(11)17/h3-7H,18H2,1-2H3,(H,19,20). The summed E-state index contributed by atoms with van der Waals surface area (Å²) in [6, 6.07) is 7.15. The Kier molecular flexibility index (Phi) is 3.70. The van der Waals surface area contributed by atoms with Crippen molar-refractivity contribution in [2.75, 3.05) is 11.1 Å². The van der Waals surface area contributed by atoms with Crippen molar-refractivity contribution >= 4 is 17.3 Å². The predicted octanol–water partition coefficient (Wildman–Crippen LogP) is 3.42. The molecule has 2 aromatic carbocycles. The molecule has 0 aliphatic rings. The average molecular weight is 276 g/mol. The lowest BCUT2D eigenvalue weighted by Gasteiger charge is -2.10. The second-order valence-electron chi connectivity index (χ2n) is 4.63. The highest BCUT2D eigenvalue weighted by atomic mass is 19.1. The maximum absolute atomic E-state index is 13.8. The van der Waals surface area contributed by atoms with Gasteiger partial charge in [0.1, 0.15) is 5.82 Å². The quantitative estimate of drug-likeness (QED) is 0.826. The Morgan fingerprint density at radius 2 is 1.85 bits per heavy atom. The first-order chi connectivity index (χ1) is 9.38. The van der Waals surface area contributed by atoms with E-state index in [0.29, 0.717) is 5.69 Å². The minimum absolute atomic E-state index is 0.392. The van der Waals surface area contributed by atoms with Crippen molar-refractivity contribution in [3.05, 3.63) is 58.7 Å². The fourth-order valence-electron chi connectivity index (χ4n) is 1.84. The summed E-state index contributed by atoms with van der Waals surface area (Å²) in [6.07, 6.45) is 0. The van der Waals surface area contributed by atoms with Gasteiger partial charge in [-0.15, -0.1) is 0 Å². The highest BCUT2D eigenvalue weighted by Gasteiger charge is 2.16. The normalized spacial score (nSPS) is 10.4. The summed E-state index contributed by atoms with van der Waals surface area (Å²) in [4.78, 5) is 12.0. The number of carbonyl (C=O) groups excluding carboxylic acids is 1. The Morgan fingerprint density at radius 3 is 2.55 bits per heavy atom. The van der Waals surface area contributed by atoms with E-state index in [-0.39, 0.29) is 0 Å². The van der Waals surface area contributed by atoms with Crippen molar-refractivity contribution in [3.8, 4) is 0 Å². The number of halogens is 2. The molecular weight excluding hydrogens is 262 g/mol. The number of anilines is 2. The van der Waals surface area contributed by atoms with Crippen LogP contribution >= 0.6 is 0 Å². The van der Waals surface area contributed by atoms with Crippen molar-refractivity contribution in [1.29, 1.82) is 0 Å². The van der Waals surface area contributed by atoms with Gasteiger partial charge in [-0.25, -0.2) is 8.78 Å². The van der Waals surface area contributed by atoms with Crippen LogP contribution in [0.4, 0.5) is 20.2 Å². The number of nitrogens with one attached hydrogen (secondary N) is 1. The number of aryl methyl sites for hydroxylation is 2. The van der Waals surface area contributed by atoms with Crippen LogP contribution in [0.3, 0.4) is 0 Å². The van der Waals surface area contributed by atoms with Gasteiger partial charge in [-0.3, -0.25) is 4.79 Å². The molecule has 1 amide bonds. The van der Waals surface area contributed by atoms with Gasteiger partial charge in [-0.2, -0.15) is 0 Å². The predicted molar refractivity (Wildman–Crippen MR) is 74.6 cm³/mol. The second kappa shape index (κ2) is 5.28. The van der Waals surface area contributed by atoms with Crippen molar-refractivity contribution in [1.82, 2.24) is 0 Å². The zero-order valence-corrected chi connectivity index (χ0v) is 11.1. The first-order valence-electron chi connectivity index (χ1n) is 6.01. The van der Waals surface area contributed by atoms with E-state index in [9.17, 15) is 13.6 Å². The number of nitrogens with two attached hydrogens (primary N) is 1. The van der Waals surface area contributed by atoms with Crippen molar-refractivity contribution < 1.29 is 13.6 Å². The molecule has 104 valence electrons. The molecule has 0 saturated carbocycles. The number of rotatable bonds is 2. The van der Waals surface area contributed by atoms with Gasteiger partial charge in [-0.05, 0) is 43.2 Å². The van der Waals surface area contributed by atoms with Gasteiger partial charge in [0.2, 0.25) is 0 Å². The lowest BCUT2D eigenvalue weighted by Crippen LogP contribution is -2.16. The maximum atomic E-state index is 13.8. The van der Waals surface area contributed by atoms with Gasteiger partial charge in [-0.1, -0.05) is 12.1 Å². The Hall–Kier alpha value is -2.43. The summed E-state index contributed by atoms with van der Waals surface area (Å²) in [7, 11) is 0. The molecule has 0 unspecified atom stereocenters. The van der Waals surface area contributed by atoms with E-state index in [1.54, 1.807) is 6.07 Å². The van der Waals surface area contributed by atoms with Crippen LogP contribution in [0.15, 0.2) is 30.3 Å². The first kappa shape index (κ1) is 14.0. The lowest BCUT2D eigenvalue weighted by atomic mass is 10.1. The molecule has 0 radical (unpaired) electrons. The third-order valence-corrected chi connectivity index (χ3v) is 2.95. The number of carbonyl (C=O) groups is 1. The smallest absolute Gasteiger partial charge is 0.258 e. The van der Waals surface area contributed by atoms with E-state index in [0.717, 1.165) is 23.3 Å². The zero-order chi connectivity index (χ0) is 14.9. The summed E-state index contributed by atoms with van der Waals surface area (Å²) in [5.74, 6) is -2.41. The van der Waals surface area contributed by atoms with Crippen molar-refractivity contribution in [3.63, 3.8) is 0 Å². The molecule has 0 atom stereocenters. The van der Waals surface area contributed by atoms with Crippen LogP contribution < -0.4 is 11.1 Å². The summed E-state index contributed by atoms with van der Waals surface area (Å²) < 4.78 is 27.0. The van der Waals surface area contributed by atoms with Crippen LogP contribution in [-0.2, 0) is 0 Å². The molecule has 2 aromatic rings. The minimum atomic E-state index is -0.922. The molecule has 0 aromatic heterocycles. The number of nitrogen functional groups attached to an aromatic ring is 1. The monoisotopic (exact) mass is 276 g/mol. The molecule has 0 aliphatic heterocycles. The summed E-state index contributed by atoms with van der Waals surface area (Å²) in [5.41, 5.74) is 6.84. The van der Waals surface area contributed by atoms with Gasteiger partial charge >= 0.3 is 0 Å². The fraction of sp³-hybridized carbons (Fsp3) is 0.133. The molecular formula is C15H14F2N2O. The highest BCUT2D eigenvalue weighted by Crippen LogP contribution is 2.21. The highest BCUT2D eigenvalue weighted by molar-refractivity contribution is 6.05. The van der Waals surface area contributed by atoms with Gasteiger partial charge in [0.15, 0.2) is 5.82 Å². The molecule has 20 heavy (non-hydrogen) atoms. The average Bonchev–Trinajstić information content (AvgIpc) is 2.38. The molecule has 0 heterocycles. The van der Waals surface area contributed by atoms with E-state index < -0.39 is 28.8 Å². The minimum Gasteiger partial charge on any atom is -0.396 e. The van der Waals surface area contributed by atoms with E-state index in [1.807, 2.05) is 26.0 Å². The summed E-state index contributed by atoms with van der Waals surface area (Å²) >= 11 is 0. The van der Waals surface area contributed by atoms with Gasteiger partial charge in [0.05, 0.1) is 11.3 Å². The van der Waals surface area contributed by atoms with Gasteiger partial charge < -0.3 is 11.1 Å². The SMILES string of the molecule is Cc1ccc(C)c(NC(=O)c2cc(F)cc(N)c2F)c1. The van der Waals surface area contributed by atoms with E-state index in [4.69, 9.17) is 5.73 Å². The fourth-order valence-corrected chi connectivity index (χ4v) is 1.84. The molecule has 0 spiro atoms. The van der Waals surface area contributed by atoms with E-state index in [2.05, 4.69) is 5.32 Å². The Labute approximate surface area is 115 Å². The molecule has 3 N–H and O–H groups in total. The number of hydrogen-bond donors (Lipinski definition) is 2. The Balaban J connectivity index is 2.35. The molecule has 0 bridgehead atoms. The second-order valence-corrected chi connectivity index (χ2v) is 4.63. The maximum Gasteiger partial charge on any atom is 0.258 e. The van der Waals surface area contributed by atoms with Crippen LogP contribution in [-0.4, -0.2) is 5.91 Å². The number of hydrogen-bond acceptors (Lipinski definition) is 2. The zero-order valence-electron chi connectivity index (χ0n) is 11.1. The molecule has 5 heteroatoms. The molecule has 0 saturated heterocycles. The van der Waals surface area contributed by atoms with Crippen LogP contribution in [0.2, 0.25) is 0 Å². The largest absolute Gasteiger partial charge is 0.396 e. The number of benzene rings is 2. The Bertz CT molecular complexity index is 684. The van der Waals surface area contributed by atoms with Crippen LogP contribution in [0.1, 0.15) is 21.5 Å². The topological polar surface area (TPSA) is 55.1 Å². The molecule has 0 aliphatic carbocycles. The Morgan fingerprint density at radius 1 is 1.15 bits per heavy atom. The van der Waals surface area contributed by atoms with Crippen molar-refractivity contribution in [2.24, 2.45) is 0 Å². The summed E-state index contributed by atoms with van der Waals surface area (Å²) in [5, 5.41) is 2.56. The summed E-state index contributed by atoms with van der Waals surface area (Å²) in [6.45, 7) is 3.68. The van der Waals surface area contributed by atoms with Crippen LogP contribution in [0.5, 0.6) is 0 Å². The van der Waals surface area contributed by atoms with Gasteiger partial charge in [0, 0.05) is 5.69 Å². The molecule has 2 rings (SSSR count). The van der Waals surface area contributed by atoms with E-state index >= 15 is 0 Å². The molecule has 3 nitrogen and oxygen atoms in total. The van der Waals surface area contributed by atoms with Gasteiger partial charge in [0.25, 0.3) is 5.91 Å². The van der Waals surface area contributed by atoms with Crippen molar-refractivity contribution in [2.45, 2.75) is 13.8 Å².